The Bertz CT molecular complexity index is 620. The van der Waals surface area contributed by atoms with E-state index in [2.05, 4.69) is 22.3 Å². The molecule has 0 aliphatic carbocycles. The average Bonchev–Trinajstić information content (AvgIpc) is 2.61. The lowest BCUT2D eigenvalue weighted by atomic mass is 10.3. The van der Waals surface area contributed by atoms with E-state index in [0.29, 0.717) is 38.4 Å². The minimum atomic E-state index is -3.55. The van der Waals surface area contributed by atoms with Crippen LogP contribution in [-0.4, -0.2) is 52.4 Å². The maximum Gasteiger partial charge on any atom is 0.404 e. The third-order valence-corrected chi connectivity index (χ3v) is 5.03. The zero-order valence-corrected chi connectivity index (χ0v) is 16.0. The lowest BCUT2D eigenvalue weighted by Gasteiger charge is -2.09. The number of rotatable bonds is 14. The first kappa shape index (κ1) is 22.2. The highest BCUT2D eigenvalue weighted by Gasteiger charge is 2.13. The molecule has 8 nitrogen and oxygen atoms in total. The van der Waals surface area contributed by atoms with E-state index in [1.807, 2.05) is 0 Å². The zero-order valence-electron chi connectivity index (χ0n) is 15.2. The number of sulfonamides is 1. The van der Waals surface area contributed by atoms with Crippen molar-refractivity contribution >= 4 is 16.1 Å². The van der Waals surface area contributed by atoms with Gasteiger partial charge in [0.2, 0.25) is 10.0 Å². The van der Waals surface area contributed by atoms with Crippen LogP contribution in [0.5, 0.6) is 5.75 Å². The van der Waals surface area contributed by atoms with Crippen LogP contribution in [0.1, 0.15) is 32.6 Å². The van der Waals surface area contributed by atoms with Gasteiger partial charge in [-0.25, -0.2) is 17.9 Å². The molecule has 4 N–H and O–H groups in total. The van der Waals surface area contributed by atoms with Crippen LogP contribution >= 0.6 is 0 Å². The van der Waals surface area contributed by atoms with Crippen LogP contribution in [0.3, 0.4) is 0 Å². The number of amides is 1. The van der Waals surface area contributed by atoms with E-state index in [0.717, 1.165) is 19.3 Å². The third-order valence-electron chi connectivity index (χ3n) is 3.55. The molecule has 0 spiro atoms. The van der Waals surface area contributed by atoms with Gasteiger partial charge in [0.15, 0.2) is 0 Å². The Labute approximate surface area is 155 Å². The highest BCUT2D eigenvalue weighted by Crippen LogP contribution is 2.16. The molecule has 148 valence electrons. The number of hydrogen-bond acceptors (Lipinski definition) is 5. The lowest BCUT2D eigenvalue weighted by Crippen LogP contribution is -2.33. The van der Waals surface area contributed by atoms with Crippen LogP contribution in [0, 0.1) is 0 Å². The fourth-order valence-electron chi connectivity index (χ4n) is 2.15. The molecule has 0 unspecified atom stereocenters. The maximum atomic E-state index is 12.2. The molecule has 0 aliphatic rings. The van der Waals surface area contributed by atoms with E-state index in [1.165, 1.54) is 12.1 Å². The van der Waals surface area contributed by atoms with Crippen molar-refractivity contribution in [2.75, 3.05) is 32.8 Å². The second kappa shape index (κ2) is 12.5. The van der Waals surface area contributed by atoms with Crippen LogP contribution < -0.4 is 20.1 Å². The largest absolute Gasteiger partial charge is 0.494 e. The first-order chi connectivity index (χ1) is 12.5. The Balaban J connectivity index is 2.26. The Morgan fingerprint density at radius 2 is 1.77 bits per heavy atom. The van der Waals surface area contributed by atoms with Crippen molar-refractivity contribution in [3.05, 3.63) is 24.3 Å². The minimum Gasteiger partial charge on any atom is -0.494 e. The summed E-state index contributed by atoms with van der Waals surface area (Å²) in [5.74, 6) is 0.664. The van der Waals surface area contributed by atoms with Crippen molar-refractivity contribution < 1.29 is 23.1 Å². The van der Waals surface area contributed by atoms with Gasteiger partial charge in [-0.05, 0) is 43.7 Å². The van der Waals surface area contributed by atoms with Crippen LogP contribution in [-0.2, 0) is 10.0 Å². The molecule has 1 rings (SSSR count). The molecule has 1 aromatic rings. The van der Waals surface area contributed by atoms with Gasteiger partial charge in [0.1, 0.15) is 5.75 Å². The summed E-state index contributed by atoms with van der Waals surface area (Å²) in [5.41, 5.74) is 0. The molecule has 0 fully saturated rings. The van der Waals surface area contributed by atoms with Crippen molar-refractivity contribution in [2.24, 2.45) is 0 Å². The van der Waals surface area contributed by atoms with Gasteiger partial charge in [0.25, 0.3) is 0 Å². The van der Waals surface area contributed by atoms with Gasteiger partial charge in [-0.1, -0.05) is 19.8 Å². The summed E-state index contributed by atoms with van der Waals surface area (Å²) < 4.78 is 32.5. The summed E-state index contributed by atoms with van der Waals surface area (Å²) in [6, 6.07) is 6.38. The van der Waals surface area contributed by atoms with Crippen molar-refractivity contribution in [1.82, 2.24) is 15.4 Å². The lowest BCUT2D eigenvalue weighted by molar-refractivity contribution is 0.194. The van der Waals surface area contributed by atoms with Crippen molar-refractivity contribution in [1.29, 1.82) is 0 Å². The van der Waals surface area contributed by atoms with E-state index in [4.69, 9.17) is 9.84 Å². The van der Waals surface area contributed by atoms with Gasteiger partial charge in [-0.15, -0.1) is 0 Å². The van der Waals surface area contributed by atoms with Crippen LogP contribution in [0.4, 0.5) is 4.79 Å². The molecule has 0 saturated carbocycles. The topological polar surface area (TPSA) is 117 Å². The number of ether oxygens (including phenoxy) is 1. The molecule has 26 heavy (non-hydrogen) atoms. The summed E-state index contributed by atoms with van der Waals surface area (Å²) in [7, 11) is -3.55. The van der Waals surface area contributed by atoms with Crippen molar-refractivity contribution in [3.8, 4) is 5.75 Å². The molecule has 0 atom stereocenters. The summed E-state index contributed by atoms with van der Waals surface area (Å²) in [4.78, 5) is 10.5. The van der Waals surface area contributed by atoms with E-state index >= 15 is 0 Å². The van der Waals surface area contributed by atoms with Crippen molar-refractivity contribution in [2.45, 2.75) is 37.5 Å². The molecule has 1 amide bonds. The number of unbranched alkanes of at least 4 members (excludes halogenated alkanes) is 2. The van der Waals surface area contributed by atoms with Crippen LogP contribution in [0.25, 0.3) is 0 Å². The molecule has 0 heterocycles. The number of nitrogens with one attached hydrogen (secondary N) is 3. The average molecular weight is 388 g/mol. The minimum absolute atomic E-state index is 0.198. The molecule has 1 aromatic carbocycles. The zero-order chi connectivity index (χ0) is 19.3. The summed E-state index contributed by atoms with van der Waals surface area (Å²) >= 11 is 0. The quantitative estimate of drug-likeness (QED) is 0.362. The molecule has 9 heteroatoms. The maximum absolute atomic E-state index is 12.2. The Kier molecular flexibility index (Phi) is 10.7. The molecular formula is C17H29N3O5S. The molecular weight excluding hydrogens is 358 g/mol. The SMILES string of the molecule is CCCCCOc1ccc(S(=O)(=O)NCCNCCCNC(=O)O)cc1. The normalized spacial score (nSPS) is 11.3. The van der Waals surface area contributed by atoms with E-state index in [-0.39, 0.29) is 11.4 Å². The van der Waals surface area contributed by atoms with E-state index in [9.17, 15) is 13.2 Å². The number of benzene rings is 1. The van der Waals surface area contributed by atoms with Crippen LogP contribution in [0.2, 0.25) is 0 Å². The first-order valence-corrected chi connectivity index (χ1v) is 10.3. The fourth-order valence-corrected chi connectivity index (χ4v) is 3.18. The molecule has 0 saturated heterocycles. The number of carboxylic acid groups (broad SMARTS) is 1. The predicted octanol–water partition coefficient (Wildman–Crippen LogP) is 1.78. The fraction of sp³-hybridized carbons (Fsp3) is 0.588. The second-order valence-electron chi connectivity index (χ2n) is 5.76. The monoisotopic (exact) mass is 387 g/mol. The first-order valence-electron chi connectivity index (χ1n) is 8.85. The smallest absolute Gasteiger partial charge is 0.404 e. The highest BCUT2D eigenvalue weighted by atomic mass is 32.2. The van der Waals surface area contributed by atoms with Gasteiger partial charge in [0, 0.05) is 19.6 Å². The van der Waals surface area contributed by atoms with Gasteiger partial charge in [0.05, 0.1) is 11.5 Å². The van der Waals surface area contributed by atoms with Crippen molar-refractivity contribution in [3.63, 3.8) is 0 Å². The van der Waals surface area contributed by atoms with Gasteiger partial charge in [-0.2, -0.15) is 0 Å². The third kappa shape index (κ3) is 9.59. The number of carbonyl (C=O) groups is 1. The Morgan fingerprint density at radius 3 is 2.42 bits per heavy atom. The number of hydrogen-bond donors (Lipinski definition) is 4. The molecule has 0 bridgehead atoms. The standard InChI is InChI=1S/C17H29N3O5S/c1-2-3-4-14-25-15-6-8-16(9-7-15)26(23,24)20-13-12-18-10-5-11-19-17(21)22/h6-9,18-20H,2-5,10-14H2,1H3,(H,21,22). The van der Waals surface area contributed by atoms with Gasteiger partial charge >= 0.3 is 6.09 Å². The van der Waals surface area contributed by atoms with E-state index in [1.54, 1.807) is 12.1 Å². The summed E-state index contributed by atoms with van der Waals surface area (Å²) in [6.45, 7) is 4.44. The molecule has 0 aliphatic heterocycles. The highest BCUT2D eigenvalue weighted by molar-refractivity contribution is 7.89. The predicted molar refractivity (Wildman–Crippen MR) is 100 cm³/mol. The van der Waals surface area contributed by atoms with E-state index < -0.39 is 16.1 Å². The van der Waals surface area contributed by atoms with Gasteiger partial charge in [-0.3, -0.25) is 0 Å². The van der Waals surface area contributed by atoms with Gasteiger partial charge < -0.3 is 20.5 Å². The molecule has 0 aromatic heterocycles. The van der Waals surface area contributed by atoms with Crippen LogP contribution in [0.15, 0.2) is 29.2 Å². The summed E-state index contributed by atoms with van der Waals surface area (Å²) in [5, 5.41) is 13.7. The Morgan fingerprint density at radius 1 is 1.04 bits per heavy atom. The summed E-state index contributed by atoms with van der Waals surface area (Å²) in [6.07, 6.45) is 2.81. The Hall–Kier alpha value is -1.84. The second-order valence-corrected chi connectivity index (χ2v) is 7.53. The molecule has 0 radical (unpaired) electrons.